The summed E-state index contributed by atoms with van der Waals surface area (Å²) in [4.78, 5) is 13.5. The Morgan fingerprint density at radius 2 is 1.41 bits per heavy atom. The van der Waals surface area contributed by atoms with Gasteiger partial charge in [0, 0.05) is 12.3 Å². The highest BCUT2D eigenvalue weighted by Crippen LogP contribution is 2.68. The Labute approximate surface area is 200 Å². The lowest BCUT2D eigenvalue weighted by molar-refractivity contribution is -0.157. The molecule has 0 aromatic carbocycles. The zero-order valence-corrected chi connectivity index (χ0v) is 22.9. The number of carbonyl (C=O) groups excluding carboxylic acids is 1. The second-order valence-electron chi connectivity index (χ2n) is 14.4. The lowest BCUT2D eigenvalue weighted by atomic mass is 9.43. The zero-order chi connectivity index (χ0) is 23.6. The van der Waals surface area contributed by atoms with E-state index in [1.807, 2.05) is 0 Å². The monoisotopic (exact) mass is 442 g/mol. The van der Waals surface area contributed by atoms with Crippen molar-refractivity contribution in [2.75, 3.05) is 0 Å². The van der Waals surface area contributed by atoms with E-state index >= 15 is 0 Å². The molecule has 0 heterocycles. The van der Waals surface area contributed by atoms with Gasteiger partial charge in [-0.1, -0.05) is 68.7 Å². The molecule has 4 aliphatic rings. The Balaban J connectivity index is 1.54. The molecule has 0 N–H and O–H groups in total. The highest BCUT2D eigenvalue weighted by atomic mass is 16.1. The maximum atomic E-state index is 13.5. The third-order valence-electron chi connectivity index (χ3n) is 13.0. The van der Waals surface area contributed by atoms with Crippen LogP contribution in [0.1, 0.15) is 114 Å². The van der Waals surface area contributed by atoms with Crippen molar-refractivity contribution in [3.63, 3.8) is 0 Å². The molecule has 0 aromatic heterocycles. The number of fused-ring (bicyclic) bond motifs is 5. The zero-order valence-electron chi connectivity index (χ0n) is 22.9. The molecule has 1 heteroatoms. The summed E-state index contributed by atoms with van der Waals surface area (Å²) in [5, 5.41) is 0. The van der Waals surface area contributed by atoms with Crippen molar-refractivity contribution in [1.82, 2.24) is 0 Å². The van der Waals surface area contributed by atoms with Crippen molar-refractivity contribution in [2.45, 2.75) is 114 Å². The topological polar surface area (TPSA) is 17.1 Å². The van der Waals surface area contributed by atoms with Gasteiger partial charge in [0.05, 0.1) is 0 Å². The van der Waals surface area contributed by atoms with E-state index in [2.05, 4.69) is 62.3 Å². The molecule has 0 spiro atoms. The second kappa shape index (κ2) is 8.71. The fourth-order valence-electron chi connectivity index (χ4n) is 10.1. The van der Waals surface area contributed by atoms with Crippen molar-refractivity contribution in [3.05, 3.63) is 0 Å². The predicted octanol–water partition coefficient (Wildman–Crippen LogP) is 8.66. The van der Waals surface area contributed by atoms with Gasteiger partial charge < -0.3 is 0 Å². The molecule has 1 nitrogen and oxygen atoms in total. The van der Waals surface area contributed by atoms with Crippen LogP contribution in [0.25, 0.3) is 0 Å². The van der Waals surface area contributed by atoms with Gasteiger partial charge in [-0.25, -0.2) is 0 Å². The van der Waals surface area contributed by atoms with E-state index in [1.54, 1.807) is 0 Å². The van der Waals surface area contributed by atoms with Crippen LogP contribution in [0.5, 0.6) is 0 Å². The second-order valence-corrected chi connectivity index (χ2v) is 14.4. The molecule has 0 saturated heterocycles. The van der Waals surface area contributed by atoms with Crippen LogP contribution in [-0.2, 0) is 4.79 Å². The van der Waals surface area contributed by atoms with Crippen LogP contribution in [0.3, 0.4) is 0 Å². The highest BCUT2D eigenvalue weighted by molar-refractivity contribution is 5.83. The fraction of sp³-hybridized carbons (Fsp3) is 0.968. The van der Waals surface area contributed by atoms with E-state index in [1.165, 1.54) is 44.9 Å². The minimum absolute atomic E-state index is 0.298. The van der Waals surface area contributed by atoms with E-state index < -0.39 is 0 Å². The van der Waals surface area contributed by atoms with Gasteiger partial charge in [-0.05, 0) is 109 Å². The number of hydrogen-bond acceptors (Lipinski definition) is 1. The first-order chi connectivity index (χ1) is 14.9. The number of carbonyl (C=O) groups is 1. The first-order valence-electron chi connectivity index (χ1n) is 14.4. The summed E-state index contributed by atoms with van der Waals surface area (Å²) < 4.78 is 0. The maximum Gasteiger partial charge on any atom is 0.136 e. The van der Waals surface area contributed by atoms with Gasteiger partial charge in [0.25, 0.3) is 0 Å². The Morgan fingerprint density at radius 3 is 2.06 bits per heavy atom. The molecule has 12 atom stereocenters. The van der Waals surface area contributed by atoms with E-state index in [9.17, 15) is 4.79 Å². The van der Waals surface area contributed by atoms with Crippen molar-refractivity contribution in [1.29, 1.82) is 0 Å². The SMILES string of the molecule is CC(C)[C@H](C)[C@@H](C)[C@@H](C)[C@@H](C)[C@H]1CCC2C3CC(=O)[C@H]4C[C@H](C)CC[C@]4(C)C3CC[C@@]21C. The van der Waals surface area contributed by atoms with Gasteiger partial charge in [-0.3, -0.25) is 4.79 Å². The van der Waals surface area contributed by atoms with Crippen LogP contribution < -0.4 is 0 Å². The van der Waals surface area contributed by atoms with Gasteiger partial charge in [0.2, 0.25) is 0 Å². The van der Waals surface area contributed by atoms with Crippen molar-refractivity contribution >= 4 is 5.78 Å². The average Bonchev–Trinajstić information content (AvgIpc) is 3.10. The van der Waals surface area contributed by atoms with E-state index in [-0.39, 0.29) is 0 Å². The summed E-state index contributed by atoms with van der Waals surface area (Å²) in [6.07, 6.45) is 10.3. The predicted molar refractivity (Wildman–Crippen MR) is 136 cm³/mol. The van der Waals surface area contributed by atoms with Crippen LogP contribution in [0, 0.1) is 75.9 Å². The highest BCUT2D eigenvalue weighted by Gasteiger charge is 2.62. The minimum Gasteiger partial charge on any atom is -0.299 e. The first-order valence-corrected chi connectivity index (χ1v) is 14.4. The smallest absolute Gasteiger partial charge is 0.136 e. The molecule has 3 unspecified atom stereocenters. The van der Waals surface area contributed by atoms with Gasteiger partial charge in [0.15, 0.2) is 0 Å². The Hall–Kier alpha value is -0.330. The fourth-order valence-corrected chi connectivity index (χ4v) is 10.1. The number of Topliss-reactive ketones (excluding diaryl/α,β-unsaturated/α-hetero) is 1. The van der Waals surface area contributed by atoms with Crippen molar-refractivity contribution in [2.24, 2.45) is 75.9 Å². The number of rotatable bonds is 5. The Morgan fingerprint density at radius 1 is 0.781 bits per heavy atom. The molecule has 184 valence electrons. The summed E-state index contributed by atoms with van der Waals surface area (Å²) in [6.45, 7) is 22.5. The minimum atomic E-state index is 0.298. The van der Waals surface area contributed by atoms with Crippen molar-refractivity contribution in [3.8, 4) is 0 Å². The summed E-state index contributed by atoms with van der Waals surface area (Å²) in [7, 11) is 0. The molecule has 4 fully saturated rings. The van der Waals surface area contributed by atoms with Gasteiger partial charge in [-0.2, -0.15) is 0 Å². The molecule has 0 bridgehead atoms. The standard InChI is InChI=1S/C31H54O/c1-18(2)20(4)21(5)22(6)23(7)25-10-11-26-24-17-29(32)28-16-19(3)12-14-31(28,9)27(24)13-15-30(25,26)8/h18-28H,10-17H2,1-9H3/t19-,20+,21-,22-,23-,24?,25-,26?,27?,28-,30-,31-/m1/s1. The average molecular weight is 443 g/mol. The Kier molecular flexibility index (Phi) is 6.75. The summed E-state index contributed by atoms with van der Waals surface area (Å²) in [5.41, 5.74) is 0.757. The Bertz CT molecular complexity index is 695. The molecular weight excluding hydrogens is 388 g/mol. The van der Waals surface area contributed by atoms with Crippen LogP contribution >= 0.6 is 0 Å². The van der Waals surface area contributed by atoms with Crippen LogP contribution in [0.2, 0.25) is 0 Å². The summed E-state index contributed by atoms with van der Waals surface area (Å²) in [6, 6.07) is 0. The normalized spacial score (nSPS) is 47.9. The molecular formula is C31H54O. The summed E-state index contributed by atoms with van der Waals surface area (Å²) >= 11 is 0. The first kappa shape index (κ1) is 24.8. The molecule has 0 aromatic rings. The molecule has 4 aliphatic carbocycles. The van der Waals surface area contributed by atoms with Gasteiger partial charge in [-0.15, -0.1) is 0 Å². The maximum absolute atomic E-state index is 13.5. The third-order valence-corrected chi connectivity index (χ3v) is 13.0. The lowest BCUT2D eigenvalue weighted by Crippen LogP contribution is -2.56. The molecule has 0 aliphatic heterocycles. The van der Waals surface area contributed by atoms with Gasteiger partial charge >= 0.3 is 0 Å². The molecule has 0 amide bonds. The molecule has 32 heavy (non-hydrogen) atoms. The largest absolute Gasteiger partial charge is 0.299 e. The van der Waals surface area contributed by atoms with Gasteiger partial charge in [0.1, 0.15) is 5.78 Å². The van der Waals surface area contributed by atoms with Crippen LogP contribution in [0.4, 0.5) is 0 Å². The quantitative estimate of drug-likeness (QED) is 0.416. The van der Waals surface area contributed by atoms with E-state index in [0.717, 1.165) is 59.7 Å². The third kappa shape index (κ3) is 3.75. The number of hydrogen-bond donors (Lipinski definition) is 0. The number of ketones is 1. The molecule has 4 saturated carbocycles. The lowest BCUT2D eigenvalue weighted by Gasteiger charge is -2.60. The van der Waals surface area contributed by atoms with Crippen LogP contribution in [0.15, 0.2) is 0 Å². The molecule has 0 radical (unpaired) electrons. The van der Waals surface area contributed by atoms with Crippen molar-refractivity contribution < 1.29 is 4.79 Å². The molecule has 4 rings (SSSR count). The van der Waals surface area contributed by atoms with Crippen LogP contribution in [-0.4, -0.2) is 5.78 Å². The summed E-state index contributed by atoms with van der Waals surface area (Å²) in [5.74, 6) is 8.78. The van der Waals surface area contributed by atoms with E-state index in [4.69, 9.17) is 0 Å². The van der Waals surface area contributed by atoms with E-state index in [0.29, 0.717) is 28.4 Å².